The van der Waals surface area contributed by atoms with Crippen molar-refractivity contribution in [2.75, 3.05) is 5.32 Å². The number of benzene rings is 3. The quantitative estimate of drug-likeness (QED) is 0.246. The highest BCUT2D eigenvalue weighted by Gasteiger charge is 2.73. The zero-order chi connectivity index (χ0) is 28.0. The lowest BCUT2D eigenvalue weighted by Crippen LogP contribution is -2.57. The van der Waals surface area contributed by atoms with E-state index in [9.17, 15) is 14.4 Å². The van der Waals surface area contributed by atoms with Crippen LogP contribution in [-0.4, -0.2) is 28.7 Å². The minimum atomic E-state index is -1.30. The van der Waals surface area contributed by atoms with Gasteiger partial charge in [0.05, 0.1) is 16.9 Å². The maximum absolute atomic E-state index is 14.3. The normalized spacial score (nSPS) is 27.3. The lowest BCUT2D eigenvalue weighted by molar-refractivity contribution is -0.148. The number of amides is 3. The summed E-state index contributed by atoms with van der Waals surface area (Å²) in [5.74, 6) is -3.79. The SMILES string of the molecule is Cc1c(NC(=O)[C@H](C(C)C)N2C(=O)[C@@H]3[C@H](C2=O)C2(Cl)c4ccccc4C3(Cl)c3ccccc32)ccc(Br)c1Cl. The Morgan fingerprint density at radius 3 is 1.72 bits per heavy atom. The molecule has 5 nitrogen and oxygen atoms in total. The first kappa shape index (κ1) is 26.8. The van der Waals surface area contributed by atoms with Crippen LogP contribution in [0.25, 0.3) is 0 Å². The first-order chi connectivity index (χ1) is 18.5. The van der Waals surface area contributed by atoms with Crippen molar-refractivity contribution >= 4 is 74.1 Å². The van der Waals surface area contributed by atoms with Crippen LogP contribution in [0.2, 0.25) is 5.02 Å². The second-order valence-corrected chi connectivity index (χ2v) is 13.2. The molecular formula is C30H24BrCl3N2O3. The molecule has 3 atom stereocenters. The molecule has 1 heterocycles. The minimum Gasteiger partial charge on any atom is -0.324 e. The van der Waals surface area contributed by atoms with E-state index >= 15 is 0 Å². The topological polar surface area (TPSA) is 66.5 Å². The molecule has 0 saturated carbocycles. The minimum absolute atomic E-state index is 0.385. The Kier molecular flexibility index (Phi) is 6.24. The van der Waals surface area contributed by atoms with Crippen LogP contribution in [-0.2, 0) is 24.1 Å². The molecule has 3 aromatic rings. The third-order valence-electron chi connectivity index (χ3n) is 8.39. The number of likely N-dealkylation sites (tertiary alicyclic amines) is 1. The molecule has 9 heteroatoms. The van der Waals surface area contributed by atoms with Gasteiger partial charge in [-0.15, -0.1) is 23.2 Å². The van der Waals surface area contributed by atoms with Gasteiger partial charge >= 0.3 is 0 Å². The van der Waals surface area contributed by atoms with Gasteiger partial charge in [0.1, 0.15) is 15.8 Å². The molecule has 0 radical (unpaired) electrons. The Labute approximate surface area is 249 Å². The third-order valence-corrected chi connectivity index (χ3v) is 11.1. The van der Waals surface area contributed by atoms with E-state index in [0.717, 1.165) is 27.2 Å². The van der Waals surface area contributed by atoms with Crippen LogP contribution in [0.3, 0.4) is 0 Å². The Morgan fingerprint density at radius 1 is 0.872 bits per heavy atom. The van der Waals surface area contributed by atoms with Crippen molar-refractivity contribution in [3.63, 3.8) is 0 Å². The maximum Gasteiger partial charge on any atom is 0.247 e. The van der Waals surface area contributed by atoms with Crippen molar-refractivity contribution in [1.82, 2.24) is 4.90 Å². The number of alkyl halides is 2. The molecule has 0 aromatic heterocycles. The Morgan fingerprint density at radius 2 is 1.31 bits per heavy atom. The van der Waals surface area contributed by atoms with Crippen LogP contribution >= 0.6 is 50.7 Å². The summed E-state index contributed by atoms with van der Waals surface area (Å²) in [6, 6.07) is 17.3. The van der Waals surface area contributed by atoms with Crippen LogP contribution in [0, 0.1) is 24.7 Å². The molecule has 200 valence electrons. The second kappa shape index (κ2) is 9.07. The molecule has 4 aliphatic rings. The van der Waals surface area contributed by atoms with Gasteiger partial charge in [0, 0.05) is 10.2 Å². The fourth-order valence-electron chi connectivity index (χ4n) is 6.68. The number of anilines is 1. The van der Waals surface area contributed by atoms with Crippen LogP contribution in [0.5, 0.6) is 0 Å². The Bertz CT molecular complexity index is 1470. The maximum atomic E-state index is 14.3. The average molecular weight is 647 g/mol. The first-order valence-electron chi connectivity index (χ1n) is 12.7. The summed E-state index contributed by atoms with van der Waals surface area (Å²) in [6.07, 6.45) is 0. The summed E-state index contributed by atoms with van der Waals surface area (Å²) in [6.45, 7) is 5.40. The zero-order valence-corrected chi connectivity index (χ0v) is 25.1. The molecule has 1 aliphatic heterocycles. The van der Waals surface area contributed by atoms with Gasteiger partial charge in [0.2, 0.25) is 17.7 Å². The molecule has 1 N–H and O–H groups in total. The molecule has 3 amide bonds. The third kappa shape index (κ3) is 3.41. The Balaban J connectivity index is 1.47. The van der Waals surface area contributed by atoms with Crippen molar-refractivity contribution in [3.8, 4) is 0 Å². The van der Waals surface area contributed by atoms with Crippen molar-refractivity contribution in [2.45, 2.75) is 36.6 Å². The van der Waals surface area contributed by atoms with E-state index in [4.69, 9.17) is 34.8 Å². The number of carbonyl (C=O) groups is 3. The van der Waals surface area contributed by atoms with Gasteiger partial charge in [0.25, 0.3) is 0 Å². The van der Waals surface area contributed by atoms with Crippen molar-refractivity contribution in [3.05, 3.63) is 98.0 Å². The van der Waals surface area contributed by atoms with Crippen molar-refractivity contribution < 1.29 is 14.4 Å². The monoisotopic (exact) mass is 644 g/mol. The predicted octanol–water partition coefficient (Wildman–Crippen LogP) is 6.97. The van der Waals surface area contributed by atoms with Gasteiger partial charge in [-0.05, 0) is 68.7 Å². The van der Waals surface area contributed by atoms with E-state index < -0.39 is 45.3 Å². The van der Waals surface area contributed by atoms with Crippen LogP contribution < -0.4 is 5.32 Å². The van der Waals surface area contributed by atoms with E-state index in [1.807, 2.05) is 48.5 Å². The molecule has 3 aliphatic carbocycles. The molecule has 39 heavy (non-hydrogen) atoms. The number of hydrogen-bond donors (Lipinski definition) is 1. The molecule has 2 bridgehead atoms. The van der Waals surface area contributed by atoms with Gasteiger partial charge in [-0.3, -0.25) is 19.3 Å². The largest absolute Gasteiger partial charge is 0.324 e. The summed E-state index contributed by atoms with van der Waals surface area (Å²) in [7, 11) is 0. The number of halogens is 4. The lowest BCUT2D eigenvalue weighted by Gasteiger charge is -2.54. The van der Waals surface area contributed by atoms with Crippen LogP contribution in [0.15, 0.2) is 65.1 Å². The van der Waals surface area contributed by atoms with Gasteiger partial charge in [-0.1, -0.05) is 74.0 Å². The van der Waals surface area contributed by atoms with Gasteiger partial charge in [-0.2, -0.15) is 0 Å². The number of hydrogen-bond acceptors (Lipinski definition) is 3. The second-order valence-electron chi connectivity index (χ2n) is 10.7. The van der Waals surface area contributed by atoms with E-state index in [0.29, 0.717) is 20.7 Å². The van der Waals surface area contributed by atoms with Crippen LogP contribution in [0.4, 0.5) is 5.69 Å². The fourth-order valence-corrected chi connectivity index (χ4v) is 8.37. The summed E-state index contributed by atoms with van der Waals surface area (Å²) in [5, 5.41) is 3.36. The number of nitrogens with zero attached hydrogens (tertiary/aromatic N) is 1. The summed E-state index contributed by atoms with van der Waals surface area (Å²) >= 11 is 24.8. The highest BCUT2D eigenvalue weighted by atomic mass is 79.9. The molecule has 0 spiro atoms. The summed E-state index contributed by atoms with van der Waals surface area (Å²) in [4.78, 5) is 40.9. The number of rotatable bonds is 4. The van der Waals surface area contributed by atoms with E-state index in [1.165, 1.54) is 0 Å². The van der Waals surface area contributed by atoms with E-state index in [-0.39, 0.29) is 5.92 Å². The predicted molar refractivity (Wildman–Crippen MR) is 156 cm³/mol. The highest BCUT2D eigenvalue weighted by molar-refractivity contribution is 9.10. The summed E-state index contributed by atoms with van der Waals surface area (Å²) in [5.41, 5.74) is 4.03. The van der Waals surface area contributed by atoms with Crippen molar-refractivity contribution in [1.29, 1.82) is 0 Å². The zero-order valence-electron chi connectivity index (χ0n) is 21.3. The van der Waals surface area contributed by atoms with Crippen molar-refractivity contribution in [2.24, 2.45) is 17.8 Å². The number of imide groups is 1. The molecule has 1 saturated heterocycles. The highest BCUT2D eigenvalue weighted by Crippen LogP contribution is 2.69. The molecule has 3 aromatic carbocycles. The van der Waals surface area contributed by atoms with E-state index in [2.05, 4.69) is 21.2 Å². The lowest BCUT2D eigenvalue weighted by atomic mass is 9.54. The summed E-state index contributed by atoms with van der Waals surface area (Å²) < 4.78 is 0.698. The van der Waals surface area contributed by atoms with Gasteiger partial charge in [-0.25, -0.2) is 0 Å². The smallest absolute Gasteiger partial charge is 0.247 e. The fraction of sp³-hybridized carbons (Fsp3) is 0.300. The van der Waals surface area contributed by atoms with Crippen LogP contribution in [0.1, 0.15) is 41.7 Å². The Hall–Kier alpha value is -2.38. The number of nitrogens with one attached hydrogen (secondary N) is 1. The van der Waals surface area contributed by atoms with E-state index in [1.54, 1.807) is 32.9 Å². The average Bonchev–Trinajstić information content (AvgIpc) is 3.18. The molecule has 0 unspecified atom stereocenters. The first-order valence-corrected chi connectivity index (χ1v) is 14.6. The van der Waals surface area contributed by atoms with Gasteiger partial charge < -0.3 is 5.32 Å². The molecule has 1 fully saturated rings. The number of carbonyl (C=O) groups excluding carboxylic acids is 3. The molecular weight excluding hydrogens is 623 g/mol. The molecule has 7 rings (SSSR count). The standard InChI is InChI=1S/C30H24BrCl3N2O3/c1-14(2)25(26(37)35-21-13-12-20(31)24(32)15(21)3)36-27(38)22-23(28(36)39)30(34)17-9-5-4-8-16(17)29(22,33)18-10-6-7-11-19(18)30/h4-14,22-23,25H,1-3H3,(H,35,37)/t22-,23+,25-,29?,30?/m0/s1. The van der Waals surface area contributed by atoms with Gasteiger partial charge in [0.15, 0.2) is 0 Å².